The minimum Gasteiger partial charge on any atom is -0.392 e. The third-order valence-electron chi connectivity index (χ3n) is 1.53. The number of nitro groups is 1. The van der Waals surface area contributed by atoms with Gasteiger partial charge in [-0.15, -0.1) is 0 Å². The lowest BCUT2D eigenvalue weighted by molar-refractivity contribution is -0.384. The number of rotatable bonds is 3. The van der Waals surface area contributed by atoms with Crippen LogP contribution in [0.5, 0.6) is 0 Å². The van der Waals surface area contributed by atoms with E-state index in [4.69, 9.17) is 5.11 Å². The molecule has 0 fully saturated rings. The van der Waals surface area contributed by atoms with Gasteiger partial charge < -0.3 is 5.11 Å². The van der Waals surface area contributed by atoms with Gasteiger partial charge in [-0.05, 0) is 11.6 Å². The van der Waals surface area contributed by atoms with Crippen LogP contribution in [-0.2, 0) is 0 Å². The third kappa shape index (κ3) is 2.93. The van der Waals surface area contributed by atoms with Gasteiger partial charge in [-0.3, -0.25) is 10.1 Å². The molecule has 0 saturated heterocycles. The molecule has 1 N–H and O–H groups in total. The van der Waals surface area contributed by atoms with Crippen LogP contribution in [0.3, 0.4) is 0 Å². The summed E-state index contributed by atoms with van der Waals surface area (Å²) in [4.78, 5) is 10.0. The number of non-ortho nitro benzene ring substituents is 1. The zero-order valence-corrected chi connectivity index (χ0v) is 8.77. The Morgan fingerprint density at radius 2 is 2.21 bits per heavy atom. The molecule has 0 bridgehead atoms. The molecule has 0 saturated carbocycles. The number of aliphatic hydroxyl groups excluding tert-OH is 1. The first-order valence-electron chi connectivity index (χ1n) is 3.86. The minimum atomic E-state index is -0.457. The van der Waals surface area contributed by atoms with Crippen molar-refractivity contribution in [3.63, 3.8) is 0 Å². The molecule has 0 aliphatic heterocycles. The second-order valence-electron chi connectivity index (χ2n) is 2.58. The van der Waals surface area contributed by atoms with Crippen molar-refractivity contribution in [3.05, 3.63) is 44.4 Å². The van der Waals surface area contributed by atoms with E-state index in [9.17, 15) is 10.1 Å². The molecule has 0 radical (unpaired) electrons. The quantitative estimate of drug-likeness (QED) is 0.668. The van der Waals surface area contributed by atoms with Gasteiger partial charge in [0.25, 0.3) is 5.69 Å². The van der Waals surface area contributed by atoms with E-state index < -0.39 is 4.92 Å². The molecule has 0 aliphatic rings. The van der Waals surface area contributed by atoms with Crippen molar-refractivity contribution in [2.45, 2.75) is 0 Å². The first-order chi connectivity index (χ1) is 6.63. The van der Waals surface area contributed by atoms with Gasteiger partial charge in [0.2, 0.25) is 0 Å². The van der Waals surface area contributed by atoms with E-state index in [0.717, 1.165) is 0 Å². The molecule has 1 rings (SSSR count). The first kappa shape index (κ1) is 10.9. The monoisotopic (exact) mass is 257 g/mol. The lowest BCUT2D eigenvalue weighted by atomic mass is 10.2. The predicted octanol–water partition coefficient (Wildman–Crippen LogP) is 2.36. The second kappa shape index (κ2) is 4.88. The highest BCUT2D eigenvalue weighted by atomic mass is 79.9. The average Bonchev–Trinajstić information content (AvgIpc) is 2.14. The molecule has 0 unspecified atom stereocenters. The standard InChI is InChI=1S/C9H8BrNO3/c10-8-4-7(2-1-3-12)5-9(6-8)11(13)14/h1-2,4-6,12H,3H2/b2-1+. The van der Waals surface area contributed by atoms with Crippen LogP contribution in [0.15, 0.2) is 28.7 Å². The van der Waals surface area contributed by atoms with Crippen LogP contribution in [0.1, 0.15) is 5.56 Å². The number of aliphatic hydroxyl groups is 1. The topological polar surface area (TPSA) is 63.4 Å². The summed E-state index contributed by atoms with van der Waals surface area (Å²) in [5.74, 6) is 0. The van der Waals surface area contributed by atoms with Gasteiger partial charge in [0.1, 0.15) is 0 Å². The highest BCUT2D eigenvalue weighted by Gasteiger charge is 2.06. The predicted molar refractivity (Wildman–Crippen MR) is 56.9 cm³/mol. The SMILES string of the molecule is O=[N+]([O-])c1cc(Br)cc(/C=C/CO)c1. The Balaban J connectivity index is 3.07. The van der Waals surface area contributed by atoms with E-state index in [1.165, 1.54) is 18.2 Å². The number of nitro benzene ring substituents is 1. The lowest BCUT2D eigenvalue weighted by Gasteiger charge is -1.96. The fraction of sp³-hybridized carbons (Fsp3) is 0.111. The second-order valence-corrected chi connectivity index (χ2v) is 3.50. The van der Waals surface area contributed by atoms with Crippen LogP contribution in [0.25, 0.3) is 6.08 Å². The largest absolute Gasteiger partial charge is 0.392 e. The highest BCUT2D eigenvalue weighted by Crippen LogP contribution is 2.21. The Morgan fingerprint density at radius 3 is 2.79 bits per heavy atom. The van der Waals surface area contributed by atoms with Gasteiger partial charge in [0, 0.05) is 16.6 Å². The van der Waals surface area contributed by atoms with Crippen LogP contribution in [0.2, 0.25) is 0 Å². The molecule has 1 aromatic carbocycles. The van der Waals surface area contributed by atoms with Gasteiger partial charge in [-0.1, -0.05) is 28.1 Å². The van der Waals surface area contributed by atoms with E-state index in [2.05, 4.69) is 15.9 Å². The zero-order chi connectivity index (χ0) is 10.6. The van der Waals surface area contributed by atoms with Crippen molar-refractivity contribution in [2.75, 3.05) is 6.61 Å². The van der Waals surface area contributed by atoms with Crippen LogP contribution in [-0.4, -0.2) is 16.6 Å². The van der Waals surface area contributed by atoms with Gasteiger partial charge in [0.05, 0.1) is 11.5 Å². The Labute approximate surface area is 89.2 Å². The van der Waals surface area contributed by atoms with Crippen LogP contribution < -0.4 is 0 Å². The summed E-state index contributed by atoms with van der Waals surface area (Å²) in [7, 11) is 0. The number of hydrogen-bond acceptors (Lipinski definition) is 3. The average molecular weight is 258 g/mol. The van der Waals surface area contributed by atoms with Crippen LogP contribution in [0, 0.1) is 10.1 Å². The van der Waals surface area contributed by atoms with Crippen molar-refractivity contribution in [2.24, 2.45) is 0 Å². The maximum atomic E-state index is 10.5. The van der Waals surface area contributed by atoms with Crippen molar-refractivity contribution in [1.29, 1.82) is 0 Å². The summed E-state index contributed by atoms with van der Waals surface area (Å²) >= 11 is 3.17. The van der Waals surface area contributed by atoms with E-state index >= 15 is 0 Å². The molecule has 74 valence electrons. The Hall–Kier alpha value is -1.20. The lowest BCUT2D eigenvalue weighted by Crippen LogP contribution is -1.88. The third-order valence-corrected chi connectivity index (χ3v) is 1.99. The van der Waals surface area contributed by atoms with E-state index in [1.807, 2.05) is 0 Å². The van der Waals surface area contributed by atoms with Gasteiger partial charge >= 0.3 is 0 Å². The molecule has 5 heteroatoms. The molecule has 0 spiro atoms. The molecule has 0 heterocycles. The van der Waals surface area contributed by atoms with Crippen molar-refractivity contribution >= 4 is 27.7 Å². The maximum Gasteiger partial charge on any atom is 0.271 e. The molecule has 14 heavy (non-hydrogen) atoms. The van der Waals surface area contributed by atoms with Gasteiger partial charge in [-0.2, -0.15) is 0 Å². The van der Waals surface area contributed by atoms with Crippen LogP contribution >= 0.6 is 15.9 Å². The molecule has 0 amide bonds. The normalized spacial score (nSPS) is 10.7. The summed E-state index contributed by atoms with van der Waals surface area (Å²) in [5.41, 5.74) is 0.706. The molecule has 1 aromatic rings. The highest BCUT2D eigenvalue weighted by molar-refractivity contribution is 9.10. The van der Waals surface area contributed by atoms with Gasteiger partial charge in [0.15, 0.2) is 0 Å². The molecule has 4 nitrogen and oxygen atoms in total. The van der Waals surface area contributed by atoms with Crippen molar-refractivity contribution in [1.82, 2.24) is 0 Å². The van der Waals surface area contributed by atoms with E-state index in [-0.39, 0.29) is 12.3 Å². The Kier molecular flexibility index (Phi) is 3.79. The zero-order valence-electron chi connectivity index (χ0n) is 7.18. The summed E-state index contributed by atoms with van der Waals surface area (Å²) in [6.45, 7) is -0.0830. The summed E-state index contributed by atoms with van der Waals surface area (Å²) in [5, 5.41) is 19.0. The first-order valence-corrected chi connectivity index (χ1v) is 4.65. The fourth-order valence-electron chi connectivity index (χ4n) is 0.987. The fourth-order valence-corrected chi connectivity index (χ4v) is 1.49. The summed E-state index contributed by atoms with van der Waals surface area (Å²) in [6, 6.07) is 4.60. The molecule has 0 aromatic heterocycles. The molecular weight excluding hydrogens is 250 g/mol. The smallest absolute Gasteiger partial charge is 0.271 e. The number of halogens is 1. The number of benzene rings is 1. The molecule has 0 atom stereocenters. The van der Waals surface area contributed by atoms with E-state index in [0.29, 0.717) is 10.0 Å². The van der Waals surface area contributed by atoms with Crippen LogP contribution in [0.4, 0.5) is 5.69 Å². The molecular formula is C9H8BrNO3. The maximum absolute atomic E-state index is 10.5. The van der Waals surface area contributed by atoms with Crippen molar-refractivity contribution < 1.29 is 10.0 Å². The van der Waals surface area contributed by atoms with Gasteiger partial charge in [-0.25, -0.2) is 0 Å². The number of nitrogens with zero attached hydrogens (tertiary/aromatic N) is 1. The minimum absolute atomic E-state index is 0.0250. The van der Waals surface area contributed by atoms with E-state index in [1.54, 1.807) is 12.1 Å². The molecule has 0 aliphatic carbocycles. The Morgan fingerprint density at radius 1 is 1.50 bits per heavy atom. The summed E-state index contributed by atoms with van der Waals surface area (Å²) in [6.07, 6.45) is 3.14. The Bertz CT molecular complexity index is 376. The summed E-state index contributed by atoms with van der Waals surface area (Å²) < 4.78 is 0.643. The van der Waals surface area contributed by atoms with Crippen molar-refractivity contribution in [3.8, 4) is 0 Å². The number of hydrogen-bond donors (Lipinski definition) is 1.